The van der Waals surface area contributed by atoms with Gasteiger partial charge in [-0.25, -0.2) is 0 Å². The van der Waals surface area contributed by atoms with Crippen molar-refractivity contribution in [1.82, 2.24) is 5.43 Å². The Balaban J connectivity index is 2.86. The van der Waals surface area contributed by atoms with Crippen molar-refractivity contribution in [2.75, 3.05) is 0 Å². The zero-order chi connectivity index (χ0) is 13.4. The highest BCUT2D eigenvalue weighted by atomic mass is 15.2. The van der Waals surface area contributed by atoms with Crippen molar-refractivity contribution >= 4 is 0 Å². The second-order valence-electron chi connectivity index (χ2n) is 4.20. The normalized spacial score (nSPS) is 13.1. The molecule has 0 aliphatic rings. The van der Waals surface area contributed by atoms with Crippen LogP contribution in [0.2, 0.25) is 0 Å². The fourth-order valence-corrected chi connectivity index (χ4v) is 1.84. The molecule has 0 fully saturated rings. The summed E-state index contributed by atoms with van der Waals surface area (Å²) in [5.74, 6) is 5.58. The van der Waals surface area contributed by atoms with Gasteiger partial charge in [0, 0.05) is 0 Å². The average Bonchev–Trinajstić information content (AvgIpc) is 2.38. The minimum Gasteiger partial charge on any atom is -0.324 e. The van der Waals surface area contributed by atoms with E-state index in [1.807, 2.05) is 32.1 Å². The second kappa shape index (κ2) is 7.51. The van der Waals surface area contributed by atoms with Crippen molar-refractivity contribution in [3.05, 3.63) is 71.0 Å². The zero-order valence-electron chi connectivity index (χ0n) is 11.4. The Morgan fingerprint density at radius 1 is 1.33 bits per heavy atom. The summed E-state index contributed by atoms with van der Waals surface area (Å²) in [7, 11) is 0. The molecule has 2 nitrogen and oxygen atoms in total. The Labute approximate surface area is 110 Å². The van der Waals surface area contributed by atoms with Gasteiger partial charge in [-0.1, -0.05) is 54.1 Å². The number of hydrogen-bond donors (Lipinski definition) is 2. The van der Waals surface area contributed by atoms with Crippen molar-refractivity contribution in [3.8, 4) is 0 Å². The van der Waals surface area contributed by atoms with Gasteiger partial charge in [-0.2, -0.15) is 0 Å². The first-order valence-electron chi connectivity index (χ1n) is 6.23. The van der Waals surface area contributed by atoms with Gasteiger partial charge in [-0.3, -0.25) is 5.84 Å². The molecule has 0 saturated carbocycles. The molecule has 1 aromatic carbocycles. The van der Waals surface area contributed by atoms with Gasteiger partial charge in [0.2, 0.25) is 0 Å². The maximum absolute atomic E-state index is 5.58. The van der Waals surface area contributed by atoms with Crippen LogP contribution in [-0.2, 0) is 6.42 Å². The lowest BCUT2D eigenvalue weighted by Crippen LogP contribution is -2.22. The molecule has 0 radical (unpaired) electrons. The lowest BCUT2D eigenvalue weighted by molar-refractivity contribution is 0.893. The second-order valence-corrected chi connectivity index (χ2v) is 4.20. The van der Waals surface area contributed by atoms with Gasteiger partial charge in [-0.15, -0.1) is 0 Å². The van der Waals surface area contributed by atoms with Gasteiger partial charge in [0.25, 0.3) is 0 Å². The van der Waals surface area contributed by atoms with Gasteiger partial charge in [0.15, 0.2) is 0 Å². The number of hydrogen-bond acceptors (Lipinski definition) is 2. The molecular weight excluding hydrogens is 220 g/mol. The summed E-state index contributed by atoms with van der Waals surface area (Å²) in [6.45, 7) is 6.11. The highest BCUT2D eigenvalue weighted by molar-refractivity contribution is 5.38. The van der Waals surface area contributed by atoms with Crippen LogP contribution in [0.1, 0.15) is 25.0 Å². The van der Waals surface area contributed by atoms with Crippen LogP contribution in [-0.4, -0.2) is 0 Å². The van der Waals surface area contributed by atoms with E-state index in [2.05, 4.69) is 42.7 Å². The minimum atomic E-state index is 0.871. The molecule has 3 N–H and O–H groups in total. The largest absolute Gasteiger partial charge is 0.324 e. The molecular formula is C16H22N2. The molecule has 0 spiro atoms. The fraction of sp³-hybridized carbons (Fsp3) is 0.250. The van der Waals surface area contributed by atoms with E-state index in [-0.39, 0.29) is 0 Å². The first-order valence-corrected chi connectivity index (χ1v) is 6.23. The van der Waals surface area contributed by atoms with Crippen molar-refractivity contribution in [2.24, 2.45) is 5.84 Å². The van der Waals surface area contributed by atoms with Gasteiger partial charge >= 0.3 is 0 Å². The maximum atomic E-state index is 5.58. The summed E-state index contributed by atoms with van der Waals surface area (Å²) in [5.41, 5.74) is 7.40. The van der Waals surface area contributed by atoms with E-state index in [0.29, 0.717) is 0 Å². The SMILES string of the molecule is C\C=C/C(=C\C)C(=C/Cc1cccc(C)c1)/NN. The highest BCUT2D eigenvalue weighted by Crippen LogP contribution is 2.11. The third kappa shape index (κ3) is 4.22. The van der Waals surface area contributed by atoms with Crippen molar-refractivity contribution in [2.45, 2.75) is 27.2 Å². The number of hydrazine groups is 1. The standard InChI is InChI=1S/C16H22N2/c1-4-7-15(5-2)16(18-17)11-10-14-9-6-8-13(3)12-14/h4-9,11-12,18H,10,17H2,1-3H3/b7-4-,15-5+,16-11-. The topological polar surface area (TPSA) is 38.0 Å². The molecule has 1 rings (SSSR count). The molecule has 1 aromatic rings. The van der Waals surface area contributed by atoms with E-state index in [1.54, 1.807) is 0 Å². The quantitative estimate of drug-likeness (QED) is 0.472. The van der Waals surface area contributed by atoms with Crippen LogP contribution in [0, 0.1) is 6.92 Å². The third-order valence-corrected chi connectivity index (χ3v) is 2.75. The number of nitrogens with two attached hydrogens (primary N) is 1. The number of benzene rings is 1. The van der Waals surface area contributed by atoms with E-state index < -0.39 is 0 Å². The highest BCUT2D eigenvalue weighted by Gasteiger charge is 1.99. The average molecular weight is 242 g/mol. The zero-order valence-corrected chi connectivity index (χ0v) is 11.4. The van der Waals surface area contributed by atoms with E-state index in [4.69, 9.17) is 5.84 Å². The minimum absolute atomic E-state index is 0.871. The summed E-state index contributed by atoms with van der Waals surface area (Å²) < 4.78 is 0. The number of rotatable bonds is 5. The molecule has 18 heavy (non-hydrogen) atoms. The molecule has 2 heteroatoms. The van der Waals surface area contributed by atoms with E-state index in [9.17, 15) is 0 Å². The van der Waals surface area contributed by atoms with E-state index in [0.717, 1.165) is 17.7 Å². The summed E-state index contributed by atoms with van der Waals surface area (Å²) in [5, 5.41) is 0. The van der Waals surface area contributed by atoms with Crippen LogP contribution in [0.3, 0.4) is 0 Å². The van der Waals surface area contributed by atoms with E-state index >= 15 is 0 Å². The predicted octanol–water partition coefficient (Wildman–Crippen LogP) is 3.41. The molecule has 96 valence electrons. The van der Waals surface area contributed by atoms with Crippen LogP contribution in [0.4, 0.5) is 0 Å². The molecule has 0 aliphatic carbocycles. The molecule has 0 bridgehead atoms. The van der Waals surface area contributed by atoms with Crippen LogP contribution >= 0.6 is 0 Å². The first kappa shape index (κ1) is 14.3. The van der Waals surface area contributed by atoms with Crippen molar-refractivity contribution in [3.63, 3.8) is 0 Å². The van der Waals surface area contributed by atoms with E-state index in [1.165, 1.54) is 11.1 Å². The fourth-order valence-electron chi connectivity index (χ4n) is 1.84. The molecule has 0 unspecified atom stereocenters. The monoisotopic (exact) mass is 242 g/mol. The lowest BCUT2D eigenvalue weighted by Gasteiger charge is -2.08. The molecule has 0 saturated heterocycles. The molecule has 0 aromatic heterocycles. The van der Waals surface area contributed by atoms with Crippen LogP contribution in [0.5, 0.6) is 0 Å². The summed E-state index contributed by atoms with van der Waals surface area (Å²) >= 11 is 0. The van der Waals surface area contributed by atoms with Crippen LogP contribution in [0.15, 0.2) is 59.8 Å². The Hall–Kier alpha value is -1.80. The van der Waals surface area contributed by atoms with Gasteiger partial charge in [-0.05, 0) is 38.3 Å². The third-order valence-electron chi connectivity index (χ3n) is 2.75. The number of aryl methyl sites for hydroxylation is 1. The lowest BCUT2D eigenvalue weighted by atomic mass is 10.1. The summed E-state index contributed by atoms with van der Waals surface area (Å²) in [6, 6.07) is 8.50. The molecule has 0 amide bonds. The van der Waals surface area contributed by atoms with Crippen LogP contribution < -0.4 is 11.3 Å². The predicted molar refractivity (Wildman–Crippen MR) is 78.9 cm³/mol. The van der Waals surface area contributed by atoms with Gasteiger partial charge in [0.05, 0.1) is 5.70 Å². The maximum Gasteiger partial charge on any atom is 0.0517 e. The van der Waals surface area contributed by atoms with Crippen molar-refractivity contribution < 1.29 is 0 Å². The summed E-state index contributed by atoms with van der Waals surface area (Å²) in [4.78, 5) is 0. The summed E-state index contributed by atoms with van der Waals surface area (Å²) in [6.07, 6.45) is 9.08. The Bertz CT molecular complexity index is 468. The molecule has 0 atom stereocenters. The van der Waals surface area contributed by atoms with Crippen LogP contribution in [0.25, 0.3) is 0 Å². The van der Waals surface area contributed by atoms with Gasteiger partial charge in [0.1, 0.15) is 0 Å². The Morgan fingerprint density at radius 3 is 2.67 bits per heavy atom. The Morgan fingerprint density at radius 2 is 2.11 bits per heavy atom. The Kier molecular flexibility index (Phi) is 5.95. The van der Waals surface area contributed by atoms with Crippen molar-refractivity contribution in [1.29, 1.82) is 0 Å². The van der Waals surface area contributed by atoms with Gasteiger partial charge < -0.3 is 5.43 Å². The number of allylic oxidation sites excluding steroid dienone is 4. The number of nitrogens with one attached hydrogen (secondary N) is 1. The molecule has 0 aliphatic heterocycles. The molecule has 0 heterocycles. The smallest absolute Gasteiger partial charge is 0.0517 e. The first-order chi connectivity index (χ1) is 8.71.